The molecule has 4 rings (SSSR count). The molecule has 1 spiro atoms. The number of amides is 1. The van der Waals surface area contributed by atoms with Crippen molar-refractivity contribution in [3.8, 4) is 0 Å². The Hall–Kier alpha value is -2.54. The second-order valence-corrected chi connectivity index (χ2v) is 9.22. The average Bonchev–Trinajstić information content (AvgIpc) is 3.25. The van der Waals surface area contributed by atoms with Crippen LogP contribution in [0.3, 0.4) is 0 Å². The minimum atomic E-state index is -0.827. The lowest BCUT2D eigenvalue weighted by molar-refractivity contribution is 0.0674. The summed E-state index contributed by atoms with van der Waals surface area (Å²) >= 11 is 0. The molecule has 3 heterocycles. The number of carbonyl (C=O) groups is 2. The number of Topliss-reactive ketones (excluding diaryl/α,β-unsaturated/α-hetero) is 1. The summed E-state index contributed by atoms with van der Waals surface area (Å²) in [5.41, 5.74) is 3.35. The highest BCUT2D eigenvalue weighted by atomic mass is 19.2. The maximum Gasteiger partial charge on any atom is 0.255 e. The van der Waals surface area contributed by atoms with Crippen molar-refractivity contribution in [1.82, 2.24) is 14.8 Å². The van der Waals surface area contributed by atoms with E-state index in [1.807, 2.05) is 18.7 Å². The minimum Gasteiger partial charge on any atom is -0.355 e. The van der Waals surface area contributed by atoms with Crippen LogP contribution < -0.4 is 0 Å². The molecule has 1 aromatic carbocycles. The van der Waals surface area contributed by atoms with Gasteiger partial charge in [-0.2, -0.15) is 0 Å². The molecular weight excluding hydrogens is 400 g/mol. The fraction of sp³-hybridized carbons (Fsp3) is 0.500. The maximum absolute atomic E-state index is 13.6. The Morgan fingerprint density at radius 1 is 1.10 bits per heavy atom. The van der Waals surface area contributed by atoms with Gasteiger partial charge in [0.05, 0.1) is 11.3 Å². The predicted octanol–water partition coefficient (Wildman–Crippen LogP) is 4.24. The molecule has 0 saturated carbocycles. The lowest BCUT2D eigenvalue weighted by Crippen LogP contribution is -2.45. The topological polar surface area (TPSA) is 56.4 Å². The zero-order valence-electron chi connectivity index (χ0n) is 18.4. The van der Waals surface area contributed by atoms with E-state index in [1.54, 1.807) is 6.07 Å². The second-order valence-electron chi connectivity index (χ2n) is 9.22. The van der Waals surface area contributed by atoms with E-state index in [0.717, 1.165) is 49.2 Å². The number of aromatic nitrogens is 1. The third kappa shape index (κ3) is 4.15. The molecule has 0 bridgehead atoms. The number of ketones is 1. The Labute approximate surface area is 181 Å². The number of nitrogens with zero attached hydrogens (tertiary/aromatic N) is 2. The van der Waals surface area contributed by atoms with Gasteiger partial charge >= 0.3 is 0 Å². The van der Waals surface area contributed by atoms with E-state index in [9.17, 15) is 18.4 Å². The van der Waals surface area contributed by atoms with Gasteiger partial charge in [0.15, 0.2) is 17.4 Å². The first kappa shape index (κ1) is 21.7. The van der Waals surface area contributed by atoms with Crippen LogP contribution in [0.2, 0.25) is 0 Å². The molecule has 1 amide bonds. The summed E-state index contributed by atoms with van der Waals surface area (Å²) in [6, 6.07) is 4.08. The van der Waals surface area contributed by atoms with Crippen LogP contribution in [-0.2, 0) is 6.54 Å². The zero-order valence-corrected chi connectivity index (χ0v) is 18.4. The van der Waals surface area contributed by atoms with Crippen LogP contribution in [0.25, 0.3) is 0 Å². The standard InChI is InChI=1S/C24H29F2N3O2/c1-15-21(16(2)27-22(15)17(3)30)23(31)29-10-8-24(14-29)7-4-9-28(13-24)12-18-5-6-19(25)20(26)11-18/h5-6,11,27H,4,7-10,12-14H2,1-3H3/t24-/m0/s1. The third-order valence-corrected chi connectivity index (χ3v) is 6.86. The fourth-order valence-corrected chi connectivity index (χ4v) is 5.36. The molecule has 5 nitrogen and oxygen atoms in total. The molecule has 0 unspecified atom stereocenters. The molecule has 0 radical (unpaired) electrons. The van der Waals surface area contributed by atoms with Crippen LogP contribution in [-0.4, -0.2) is 52.7 Å². The number of H-pyrrole nitrogens is 1. The molecule has 1 atom stereocenters. The third-order valence-electron chi connectivity index (χ3n) is 6.86. The molecule has 1 N–H and O–H groups in total. The summed E-state index contributed by atoms with van der Waals surface area (Å²) in [7, 11) is 0. The number of likely N-dealkylation sites (tertiary alicyclic amines) is 2. The van der Waals surface area contributed by atoms with Gasteiger partial charge in [-0.25, -0.2) is 8.78 Å². The number of halogens is 2. The summed E-state index contributed by atoms with van der Waals surface area (Å²) < 4.78 is 26.8. The summed E-state index contributed by atoms with van der Waals surface area (Å²) in [5.74, 6) is -1.73. The van der Waals surface area contributed by atoms with Gasteiger partial charge in [0.25, 0.3) is 5.91 Å². The minimum absolute atomic E-state index is 0.0200. The van der Waals surface area contributed by atoms with Gasteiger partial charge in [0.2, 0.25) is 0 Å². The first-order valence-corrected chi connectivity index (χ1v) is 10.8. The molecule has 0 aliphatic carbocycles. The van der Waals surface area contributed by atoms with Gasteiger partial charge in [-0.3, -0.25) is 14.5 Å². The van der Waals surface area contributed by atoms with Crippen LogP contribution in [0.5, 0.6) is 0 Å². The van der Waals surface area contributed by atoms with Gasteiger partial charge in [0, 0.05) is 44.2 Å². The van der Waals surface area contributed by atoms with Crippen molar-refractivity contribution in [1.29, 1.82) is 0 Å². The normalized spacial score (nSPS) is 21.8. The Bertz CT molecular complexity index is 1030. The lowest BCUT2D eigenvalue weighted by atomic mass is 9.79. The molecule has 166 valence electrons. The van der Waals surface area contributed by atoms with Crippen LogP contribution in [0, 0.1) is 30.9 Å². The highest BCUT2D eigenvalue weighted by Crippen LogP contribution is 2.40. The number of nitrogens with one attached hydrogen (secondary N) is 1. The number of benzene rings is 1. The van der Waals surface area contributed by atoms with Gasteiger partial charge in [-0.15, -0.1) is 0 Å². The van der Waals surface area contributed by atoms with Crippen molar-refractivity contribution in [3.05, 3.63) is 57.9 Å². The summed E-state index contributed by atoms with van der Waals surface area (Å²) in [6.45, 7) is 8.85. The number of rotatable bonds is 4. The summed E-state index contributed by atoms with van der Waals surface area (Å²) in [6.07, 6.45) is 2.99. The Kier molecular flexibility index (Phi) is 5.73. The molecule has 2 fully saturated rings. The number of hydrogen-bond donors (Lipinski definition) is 1. The van der Waals surface area contributed by atoms with Crippen molar-refractivity contribution >= 4 is 11.7 Å². The molecule has 1 aromatic heterocycles. The lowest BCUT2D eigenvalue weighted by Gasteiger charge is -2.40. The Morgan fingerprint density at radius 2 is 1.87 bits per heavy atom. The molecule has 2 aromatic rings. The van der Waals surface area contributed by atoms with Crippen molar-refractivity contribution in [2.24, 2.45) is 5.41 Å². The van der Waals surface area contributed by atoms with E-state index < -0.39 is 11.6 Å². The number of hydrogen-bond acceptors (Lipinski definition) is 3. The zero-order chi connectivity index (χ0) is 22.3. The van der Waals surface area contributed by atoms with Crippen LogP contribution in [0.4, 0.5) is 8.78 Å². The molecule has 31 heavy (non-hydrogen) atoms. The van der Waals surface area contributed by atoms with E-state index in [1.165, 1.54) is 19.1 Å². The number of carbonyl (C=O) groups excluding carboxylic acids is 2. The predicted molar refractivity (Wildman–Crippen MR) is 114 cm³/mol. The van der Waals surface area contributed by atoms with Crippen molar-refractivity contribution < 1.29 is 18.4 Å². The van der Waals surface area contributed by atoms with Gasteiger partial charge < -0.3 is 9.88 Å². The second kappa shape index (κ2) is 8.19. The highest BCUT2D eigenvalue weighted by Gasteiger charge is 2.43. The molecular formula is C24H29F2N3O2. The van der Waals surface area contributed by atoms with E-state index in [-0.39, 0.29) is 17.1 Å². The van der Waals surface area contributed by atoms with Crippen molar-refractivity contribution in [2.75, 3.05) is 26.2 Å². The molecule has 2 saturated heterocycles. The van der Waals surface area contributed by atoms with Crippen molar-refractivity contribution in [3.63, 3.8) is 0 Å². The largest absolute Gasteiger partial charge is 0.355 e. The Balaban J connectivity index is 1.46. The van der Waals surface area contributed by atoms with Crippen LogP contribution >= 0.6 is 0 Å². The monoisotopic (exact) mass is 429 g/mol. The molecule has 2 aliphatic rings. The molecule has 7 heteroatoms. The first-order valence-electron chi connectivity index (χ1n) is 10.8. The SMILES string of the molecule is CC(=O)c1[nH]c(C)c(C(=O)N2CC[C@]3(CCCN(Cc4ccc(F)c(F)c4)C3)C2)c1C. The van der Waals surface area contributed by atoms with Gasteiger partial charge in [-0.05, 0) is 62.9 Å². The quantitative estimate of drug-likeness (QED) is 0.740. The summed E-state index contributed by atoms with van der Waals surface area (Å²) in [5, 5.41) is 0. The number of piperidine rings is 1. The summed E-state index contributed by atoms with van der Waals surface area (Å²) in [4.78, 5) is 32.4. The van der Waals surface area contributed by atoms with E-state index in [4.69, 9.17) is 0 Å². The van der Waals surface area contributed by atoms with Gasteiger partial charge in [-0.1, -0.05) is 6.07 Å². The highest BCUT2D eigenvalue weighted by molar-refractivity contribution is 6.02. The average molecular weight is 430 g/mol. The fourth-order valence-electron chi connectivity index (χ4n) is 5.36. The maximum atomic E-state index is 13.6. The molecule has 2 aliphatic heterocycles. The van der Waals surface area contributed by atoms with E-state index >= 15 is 0 Å². The van der Waals surface area contributed by atoms with Crippen LogP contribution in [0.15, 0.2) is 18.2 Å². The van der Waals surface area contributed by atoms with Crippen molar-refractivity contribution in [2.45, 2.75) is 46.6 Å². The smallest absolute Gasteiger partial charge is 0.255 e. The van der Waals surface area contributed by atoms with Crippen LogP contribution in [0.1, 0.15) is 63.9 Å². The number of aryl methyl sites for hydroxylation is 1. The van der Waals surface area contributed by atoms with Gasteiger partial charge in [0.1, 0.15) is 0 Å². The Morgan fingerprint density at radius 3 is 2.55 bits per heavy atom. The number of aromatic amines is 1. The van der Waals surface area contributed by atoms with E-state index in [2.05, 4.69) is 9.88 Å². The first-order chi connectivity index (χ1) is 14.7. The van der Waals surface area contributed by atoms with E-state index in [0.29, 0.717) is 30.9 Å².